The van der Waals surface area contributed by atoms with E-state index in [2.05, 4.69) is 42.0 Å². The molecule has 0 amide bonds. The van der Waals surface area contributed by atoms with Gasteiger partial charge in [0.2, 0.25) is 0 Å². The predicted molar refractivity (Wildman–Crippen MR) is 61.4 cm³/mol. The van der Waals surface area contributed by atoms with Crippen LogP contribution in [0.5, 0.6) is 0 Å². The maximum Gasteiger partial charge on any atom is 0.159 e. The number of aromatic nitrogens is 2. The summed E-state index contributed by atoms with van der Waals surface area (Å²) >= 11 is 0. The van der Waals surface area contributed by atoms with Crippen LogP contribution in [0.15, 0.2) is 30.6 Å². The lowest BCUT2D eigenvalue weighted by Crippen LogP contribution is -1.93. The highest BCUT2D eigenvalue weighted by Crippen LogP contribution is 2.18. The molecule has 0 saturated heterocycles. The van der Waals surface area contributed by atoms with E-state index in [1.807, 2.05) is 0 Å². The minimum Gasteiger partial charge on any atom is -0.396 e. The molecule has 0 bridgehead atoms. The van der Waals surface area contributed by atoms with Crippen molar-refractivity contribution < 1.29 is 0 Å². The first-order valence-electron chi connectivity index (χ1n) is 4.81. The number of aryl methyl sites for hydroxylation is 2. The molecule has 2 N–H and O–H groups in total. The van der Waals surface area contributed by atoms with Gasteiger partial charge in [-0.15, -0.1) is 0 Å². The van der Waals surface area contributed by atoms with Crippen molar-refractivity contribution in [3.63, 3.8) is 0 Å². The molecule has 1 aromatic carbocycles. The van der Waals surface area contributed by atoms with Crippen molar-refractivity contribution in [3.05, 3.63) is 41.7 Å². The second-order valence-corrected chi connectivity index (χ2v) is 3.72. The lowest BCUT2D eigenvalue weighted by atomic mass is 10.1. The minimum absolute atomic E-state index is 0.586. The summed E-state index contributed by atoms with van der Waals surface area (Å²) in [5, 5.41) is 0. The maximum atomic E-state index is 5.54. The molecular weight excluding hydrogens is 186 g/mol. The Morgan fingerprint density at radius 3 is 2.00 bits per heavy atom. The fourth-order valence-corrected chi connectivity index (χ4v) is 1.59. The summed E-state index contributed by atoms with van der Waals surface area (Å²) in [5.74, 6) is 0.719. The Morgan fingerprint density at radius 1 is 0.933 bits per heavy atom. The molecule has 0 aliphatic carbocycles. The SMILES string of the molecule is Cc1cc(C)cc(-c2ncc(N)cn2)c1. The number of hydrogen-bond donors (Lipinski definition) is 1. The van der Waals surface area contributed by atoms with Crippen molar-refractivity contribution in [2.24, 2.45) is 0 Å². The number of nitrogens with two attached hydrogens (primary N) is 1. The quantitative estimate of drug-likeness (QED) is 0.767. The van der Waals surface area contributed by atoms with E-state index in [0.717, 1.165) is 11.4 Å². The van der Waals surface area contributed by atoms with Crippen LogP contribution in [0.25, 0.3) is 11.4 Å². The van der Waals surface area contributed by atoms with Crippen LogP contribution in [0.1, 0.15) is 11.1 Å². The van der Waals surface area contributed by atoms with Gasteiger partial charge in [0.1, 0.15) is 0 Å². The Balaban J connectivity index is 2.49. The van der Waals surface area contributed by atoms with Crippen LogP contribution >= 0.6 is 0 Å². The zero-order chi connectivity index (χ0) is 10.8. The number of anilines is 1. The molecule has 3 nitrogen and oxygen atoms in total. The smallest absolute Gasteiger partial charge is 0.159 e. The van der Waals surface area contributed by atoms with Gasteiger partial charge >= 0.3 is 0 Å². The van der Waals surface area contributed by atoms with Gasteiger partial charge in [0.15, 0.2) is 5.82 Å². The number of nitrogen functional groups attached to an aromatic ring is 1. The Bertz CT molecular complexity index is 454. The average molecular weight is 199 g/mol. The highest BCUT2D eigenvalue weighted by atomic mass is 14.9. The van der Waals surface area contributed by atoms with Gasteiger partial charge in [-0.05, 0) is 26.0 Å². The monoisotopic (exact) mass is 199 g/mol. The third-order valence-electron chi connectivity index (χ3n) is 2.15. The summed E-state index contributed by atoms with van der Waals surface area (Å²) in [6.45, 7) is 4.13. The normalized spacial score (nSPS) is 10.3. The van der Waals surface area contributed by atoms with Crippen LogP contribution in [0.3, 0.4) is 0 Å². The molecule has 2 rings (SSSR count). The summed E-state index contributed by atoms with van der Waals surface area (Å²) in [6.07, 6.45) is 3.25. The molecule has 0 aliphatic heterocycles. The number of rotatable bonds is 1. The van der Waals surface area contributed by atoms with E-state index in [4.69, 9.17) is 5.73 Å². The Morgan fingerprint density at radius 2 is 1.47 bits per heavy atom. The van der Waals surface area contributed by atoms with Gasteiger partial charge in [0, 0.05) is 5.56 Å². The van der Waals surface area contributed by atoms with E-state index in [1.54, 1.807) is 12.4 Å². The Labute approximate surface area is 89.0 Å². The maximum absolute atomic E-state index is 5.54. The van der Waals surface area contributed by atoms with E-state index in [1.165, 1.54) is 11.1 Å². The summed E-state index contributed by atoms with van der Waals surface area (Å²) < 4.78 is 0. The topological polar surface area (TPSA) is 51.8 Å². The average Bonchev–Trinajstić information content (AvgIpc) is 2.17. The van der Waals surface area contributed by atoms with Crippen LogP contribution < -0.4 is 5.73 Å². The zero-order valence-electron chi connectivity index (χ0n) is 8.86. The number of hydrogen-bond acceptors (Lipinski definition) is 3. The van der Waals surface area contributed by atoms with Gasteiger partial charge in [-0.25, -0.2) is 9.97 Å². The molecular formula is C12H13N3. The van der Waals surface area contributed by atoms with Crippen molar-refractivity contribution in [1.82, 2.24) is 9.97 Å². The first kappa shape index (κ1) is 9.65. The standard InChI is InChI=1S/C12H13N3/c1-8-3-9(2)5-10(4-8)12-14-6-11(13)7-15-12/h3-7H,13H2,1-2H3. The van der Waals surface area contributed by atoms with Gasteiger partial charge in [-0.3, -0.25) is 0 Å². The second-order valence-electron chi connectivity index (χ2n) is 3.72. The lowest BCUT2D eigenvalue weighted by Gasteiger charge is -2.03. The molecule has 0 radical (unpaired) electrons. The second kappa shape index (κ2) is 3.69. The van der Waals surface area contributed by atoms with E-state index < -0.39 is 0 Å². The summed E-state index contributed by atoms with van der Waals surface area (Å²) in [5.41, 5.74) is 9.59. The van der Waals surface area contributed by atoms with Crippen LogP contribution in [0.4, 0.5) is 5.69 Å². The number of nitrogens with zero attached hydrogens (tertiary/aromatic N) is 2. The van der Waals surface area contributed by atoms with Gasteiger partial charge in [0.05, 0.1) is 18.1 Å². The molecule has 1 aromatic heterocycles. The van der Waals surface area contributed by atoms with Crippen molar-refractivity contribution in [2.75, 3.05) is 5.73 Å². The van der Waals surface area contributed by atoms with Crippen molar-refractivity contribution in [2.45, 2.75) is 13.8 Å². The van der Waals surface area contributed by atoms with Gasteiger partial charge in [-0.2, -0.15) is 0 Å². The van der Waals surface area contributed by atoms with E-state index in [0.29, 0.717) is 5.69 Å². The molecule has 3 heteroatoms. The summed E-state index contributed by atoms with van der Waals surface area (Å²) in [4.78, 5) is 8.39. The highest BCUT2D eigenvalue weighted by molar-refractivity contribution is 5.58. The van der Waals surface area contributed by atoms with Crippen LogP contribution in [-0.2, 0) is 0 Å². The van der Waals surface area contributed by atoms with E-state index in [9.17, 15) is 0 Å². The predicted octanol–water partition coefficient (Wildman–Crippen LogP) is 2.34. The Hall–Kier alpha value is -1.90. The van der Waals surface area contributed by atoms with Gasteiger partial charge in [-0.1, -0.05) is 17.2 Å². The van der Waals surface area contributed by atoms with Crippen LogP contribution in [0.2, 0.25) is 0 Å². The molecule has 0 fully saturated rings. The summed E-state index contributed by atoms with van der Waals surface area (Å²) in [6, 6.07) is 6.26. The van der Waals surface area contributed by atoms with Gasteiger partial charge in [0.25, 0.3) is 0 Å². The van der Waals surface area contributed by atoms with Crippen molar-refractivity contribution in [3.8, 4) is 11.4 Å². The molecule has 0 atom stereocenters. The lowest BCUT2D eigenvalue weighted by molar-refractivity contribution is 1.17. The third-order valence-corrected chi connectivity index (χ3v) is 2.15. The fourth-order valence-electron chi connectivity index (χ4n) is 1.59. The summed E-state index contributed by atoms with van der Waals surface area (Å²) in [7, 11) is 0. The largest absolute Gasteiger partial charge is 0.396 e. The fraction of sp³-hybridized carbons (Fsp3) is 0.167. The zero-order valence-corrected chi connectivity index (χ0v) is 8.86. The molecule has 0 spiro atoms. The van der Waals surface area contributed by atoms with Crippen LogP contribution in [-0.4, -0.2) is 9.97 Å². The first-order chi connectivity index (χ1) is 7.15. The highest BCUT2D eigenvalue weighted by Gasteiger charge is 2.01. The minimum atomic E-state index is 0.586. The molecule has 0 saturated carbocycles. The molecule has 1 heterocycles. The number of benzene rings is 1. The van der Waals surface area contributed by atoms with Gasteiger partial charge < -0.3 is 5.73 Å². The van der Waals surface area contributed by atoms with Crippen LogP contribution in [0, 0.1) is 13.8 Å². The molecule has 0 aliphatic rings. The third kappa shape index (κ3) is 2.13. The first-order valence-corrected chi connectivity index (χ1v) is 4.81. The van der Waals surface area contributed by atoms with Crippen molar-refractivity contribution in [1.29, 1.82) is 0 Å². The molecule has 15 heavy (non-hydrogen) atoms. The van der Waals surface area contributed by atoms with Crippen molar-refractivity contribution >= 4 is 5.69 Å². The Kier molecular flexibility index (Phi) is 2.37. The molecule has 2 aromatic rings. The van der Waals surface area contributed by atoms with E-state index >= 15 is 0 Å². The molecule has 76 valence electrons. The van der Waals surface area contributed by atoms with E-state index in [-0.39, 0.29) is 0 Å². The molecule has 0 unspecified atom stereocenters.